The summed E-state index contributed by atoms with van der Waals surface area (Å²) in [6.45, 7) is 3.18. The van der Waals surface area contributed by atoms with Gasteiger partial charge in [-0.1, -0.05) is 11.6 Å². The first-order valence-corrected chi connectivity index (χ1v) is 8.06. The largest absolute Gasteiger partial charge is 0.365 e. The Hall–Kier alpha value is -1.60. The average molecular weight is 385 g/mol. The zero-order valence-electron chi connectivity index (χ0n) is 12.0. The van der Waals surface area contributed by atoms with Crippen LogP contribution in [0.2, 0.25) is 5.02 Å². The Balaban J connectivity index is 1.73. The van der Waals surface area contributed by atoms with Crippen LogP contribution in [0.3, 0.4) is 0 Å². The van der Waals surface area contributed by atoms with Crippen LogP contribution >= 0.6 is 27.5 Å². The van der Waals surface area contributed by atoms with E-state index in [1.807, 2.05) is 12.1 Å². The number of pyridine rings is 1. The maximum absolute atomic E-state index is 11.9. The topological polar surface area (TPSA) is 54.3 Å². The fourth-order valence-corrected chi connectivity index (χ4v) is 2.98. The smallest absolute Gasteiger partial charge is 0.287 e. The molecule has 0 amide bonds. The third-order valence-electron chi connectivity index (χ3n) is 3.72. The minimum absolute atomic E-state index is 0.229. The predicted octanol–water partition coefficient (Wildman–Crippen LogP) is 1.92. The van der Waals surface area contributed by atoms with Gasteiger partial charge in [0.2, 0.25) is 0 Å². The van der Waals surface area contributed by atoms with Gasteiger partial charge in [-0.05, 0) is 28.1 Å². The number of hydrogen-bond donors (Lipinski definition) is 0. The summed E-state index contributed by atoms with van der Waals surface area (Å²) in [5, 5.41) is 4.28. The van der Waals surface area contributed by atoms with E-state index in [-0.39, 0.29) is 10.6 Å². The van der Waals surface area contributed by atoms with Gasteiger partial charge in [-0.2, -0.15) is 5.10 Å². The van der Waals surface area contributed by atoms with Crippen LogP contribution in [0, 0.1) is 0 Å². The van der Waals surface area contributed by atoms with E-state index in [0.717, 1.165) is 36.5 Å². The second kappa shape index (κ2) is 6.26. The molecule has 1 aliphatic rings. The molecular weight excluding hydrogens is 370 g/mol. The van der Waals surface area contributed by atoms with Crippen molar-refractivity contribution in [2.24, 2.45) is 7.05 Å². The maximum Gasteiger partial charge on any atom is 0.287 e. The summed E-state index contributed by atoms with van der Waals surface area (Å²) in [6, 6.07) is 3.98. The lowest BCUT2D eigenvalue weighted by Crippen LogP contribution is -2.47. The van der Waals surface area contributed by atoms with Crippen LogP contribution in [0.25, 0.3) is 0 Å². The predicted molar refractivity (Wildman–Crippen MR) is 90.9 cm³/mol. The number of aryl methyl sites for hydroxylation is 1. The Morgan fingerprint density at radius 1 is 1.14 bits per heavy atom. The van der Waals surface area contributed by atoms with E-state index in [1.54, 1.807) is 19.4 Å². The molecular formula is C14H15BrClN5O. The molecule has 3 rings (SSSR count). The summed E-state index contributed by atoms with van der Waals surface area (Å²) < 4.78 is 2.21. The molecule has 0 saturated carbocycles. The lowest BCUT2D eigenvalue weighted by atomic mass is 10.2. The van der Waals surface area contributed by atoms with E-state index in [4.69, 9.17) is 11.6 Å². The van der Waals surface area contributed by atoms with E-state index in [9.17, 15) is 4.79 Å². The average Bonchev–Trinajstić information content (AvgIpc) is 2.54. The van der Waals surface area contributed by atoms with Gasteiger partial charge in [-0.3, -0.25) is 4.79 Å². The summed E-state index contributed by atoms with van der Waals surface area (Å²) in [4.78, 5) is 20.6. The molecule has 0 aromatic carbocycles. The SMILES string of the molecule is Cn1ncc(N2CCN(c3ccc(Br)cn3)CC2)c(Cl)c1=O. The fourth-order valence-electron chi connectivity index (χ4n) is 2.45. The number of rotatable bonds is 2. The molecule has 0 spiro atoms. The minimum atomic E-state index is -0.267. The van der Waals surface area contributed by atoms with Crippen molar-refractivity contribution < 1.29 is 0 Å². The van der Waals surface area contributed by atoms with Crippen LogP contribution in [0.5, 0.6) is 0 Å². The monoisotopic (exact) mass is 383 g/mol. The Morgan fingerprint density at radius 3 is 2.45 bits per heavy atom. The van der Waals surface area contributed by atoms with Crippen molar-refractivity contribution in [3.63, 3.8) is 0 Å². The highest BCUT2D eigenvalue weighted by Crippen LogP contribution is 2.23. The summed E-state index contributed by atoms with van der Waals surface area (Å²) in [6.07, 6.45) is 3.45. The van der Waals surface area contributed by atoms with Crippen molar-refractivity contribution in [2.45, 2.75) is 0 Å². The zero-order chi connectivity index (χ0) is 15.7. The number of anilines is 2. The summed E-state index contributed by atoms with van der Waals surface area (Å²) in [5.41, 5.74) is 0.435. The van der Waals surface area contributed by atoms with Gasteiger partial charge in [0.05, 0.1) is 11.9 Å². The number of aromatic nitrogens is 3. The first-order chi connectivity index (χ1) is 10.6. The van der Waals surface area contributed by atoms with Crippen molar-refractivity contribution in [3.05, 3.63) is 44.4 Å². The first-order valence-electron chi connectivity index (χ1n) is 6.89. The van der Waals surface area contributed by atoms with Gasteiger partial charge in [0.25, 0.3) is 5.56 Å². The molecule has 2 aromatic heterocycles. The van der Waals surface area contributed by atoms with Crippen molar-refractivity contribution in [3.8, 4) is 0 Å². The Bertz CT molecular complexity index is 725. The molecule has 8 heteroatoms. The molecule has 0 bridgehead atoms. The second-order valence-electron chi connectivity index (χ2n) is 5.08. The number of nitrogens with zero attached hydrogens (tertiary/aromatic N) is 5. The summed E-state index contributed by atoms with van der Waals surface area (Å²) in [5.74, 6) is 0.955. The van der Waals surface area contributed by atoms with Crippen LogP contribution < -0.4 is 15.4 Å². The molecule has 6 nitrogen and oxygen atoms in total. The highest BCUT2D eigenvalue weighted by atomic mass is 79.9. The lowest BCUT2D eigenvalue weighted by molar-refractivity contribution is 0.638. The molecule has 22 heavy (non-hydrogen) atoms. The standard InChI is InChI=1S/C14H15BrClN5O/c1-19-14(22)13(16)11(9-18-19)20-4-6-21(7-5-20)12-3-2-10(15)8-17-12/h2-3,8-9H,4-7H2,1H3. The molecule has 0 atom stereocenters. The molecule has 3 heterocycles. The van der Waals surface area contributed by atoms with Gasteiger partial charge < -0.3 is 9.80 Å². The highest BCUT2D eigenvalue weighted by molar-refractivity contribution is 9.10. The number of hydrogen-bond acceptors (Lipinski definition) is 5. The van der Waals surface area contributed by atoms with Crippen molar-refractivity contribution in [2.75, 3.05) is 36.0 Å². The van der Waals surface area contributed by atoms with Gasteiger partial charge in [0.1, 0.15) is 10.8 Å². The minimum Gasteiger partial charge on any atom is -0.365 e. The van der Waals surface area contributed by atoms with Crippen LogP contribution in [0.15, 0.2) is 33.8 Å². The van der Waals surface area contributed by atoms with Gasteiger partial charge in [-0.25, -0.2) is 9.67 Å². The van der Waals surface area contributed by atoms with Crippen LogP contribution in [-0.4, -0.2) is 40.9 Å². The molecule has 1 saturated heterocycles. The zero-order valence-corrected chi connectivity index (χ0v) is 14.4. The molecule has 0 unspecified atom stereocenters. The van der Waals surface area contributed by atoms with Crippen LogP contribution in [-0.2, 0) is 7.05 Å². The first kappa shape index (κ1) is 15.3. The molecule has 1 aliphatic heterocycles. The third-order valence-corrected chi connectivity index (χ3v) is 4.54. The van der Waals surface area contributed by atoms with Crippen LogP contribution in [0.4, 0.5) is 11.5 Å². The van der Waals surface area contributed by atoms with Gasteiger partial charge in [-0.15, -0.1) is 0 Å². The quantitative estimate of drug-likeness (QED) is 0.792. The highest BCUT2D eigenvalue weighted by Gasteiger charge is 2.21. The number of piperazine rings is 1. The van der Waals surface area contributed by atoms with Gasteiger partial charge in [0, 0.05) is 43.9 Å². The molecule has 116 valence electrons. The molecule has 0 N–H and O–H groups in total. The maximum atomic E-state index is 11.9. The lowest BCUT2D eigenvalue weighted by Gasteiger charge is -2.36. The molecule has 2 aromatic rings. The summed E-state index contributed by atoms with van der Waals surface area (Å²) in [7, 11) is 1.59. The number of halogens is 2. The van der Waals surface area contributed by atoms with Gasteiger partial charge >= 0.3 is 0 Å². The Morgan fingerprint density at radius 2 is 1.82 bits per heavy atom. The van der Waals surface area contributed by atoms with E-state index >= 15 is 0 Å². The van der Waals surface area contributed by atoms with Crippen LogP contribution in [0.1, 0.15) is 0 Å². The van der Waals surface area contributed by atoms with E-state index < -0.39 is 0 Å². The van der Waals surface area contributed by atoms with E-state index in [2.05, 4.69) is 35.8 Å². The fraction of sp³-hybridized carbons (Fsp3) is 0.357. The van der Waals surface area contributed by atoms with E-state index in [1.165, 1.54) is 4.68 Å². The third kappa shape index (κ3) is 2.96. The van der Waals surface area contributed by atoms with Crippen molar-refractivity contribution in [1.82, 2.24) is 14.8 Å². The second-order valence-corrected chi connectivity index (χ2v) is 6.37. The van der Waals surface area contributed by atoms with Crippen molar-refractivity contribution in [1.29, 1.82) is 0 Å². The van der Waals surface area contributed by atoms with Gasteiger partial charge in [0.15, 0.2) is 0 Å². The summed E-state index contributed by atoms with van der Waals surface area (Å²) >= 11 is 9.54. The van der Waals surface area contributed by atoms with E-state index in [0.29, 0.717) is 5.69 Å². The van der Waals surface area contributed by atoms with Crippen molar-refractivity contribution >= 4 is 39.0 Å². The Labute approximate surface area is 141 Å². The molecule has 1 fully saturated rings. The molecule has 0 radical (unpaired) electrons. The Kier molecular flexibility index (Phi) is 4.35. The molecule has 0 aliphatic carbocycles. The normalized spacial score (nSPS) is 15.2.